The highest BCUT2D eigenvalue weighted by molar-refractivity contribution is 5.56. The normalized spacial score (nSPS) is 41.6. The fraction of sp³-hybridized carbons (Fsp3) is 0.900. The van der Waals surface area contributed by atoms with Crippen LogP contribution in [0.2, 0.25) is 0 Å². The van der Waals surface area contributed by atoms with Crippen molar-refractivity contribution in [3.05, 3.63) is 0 Å². The molecule has 0 amide bonds. The van der Waals surface area contributed by atoms with E-state index >= 15 is 0 Å². The Labute approximate surface area is 73.7 Å². The van der Waals surface area contributed by atoms with E-state index in [1.807, 2.05) is 6.92 Å². The Morgan fingerprint density at radius 3 is 2.75 bits per heavy atom. The molecule has 2 nitrogen and oxygen atoms in total. The summed E-state index contributed by atoms with van der Waals surface area (Å²) in [4.78, 5) is 10.4. The maximum absolute atomic E-state index is 10.4. The molecule has 1 N–H and O–H groups in total. The lowest BCUT2D eigenvalue weighted by Crippen LogP contribution is -2.40. The van der Waals surface area contributed by atoms with Crippen molar-refractivity contribution in [2.75, 3.05) is 0 Å². The maximum Gasteiger partial charge on any atom is 0.136 e. The summed E-state index contributed by atoms with van der Waals surface area (Å²) in [6.07, 6.45) is 6.53. The van der Waals surface area contributed by atoms with Crippen LogP contribution in [0.1, 0.15) is 32.6 Å². The number of carbonyl (C=O) groups excluding carboxylic acids is 1. The second-order valence-electron chi connectivity index (χ2n) is 4.37. The van der Waals surface area contributed by atoms with Gasteiger partial charge in [-0.15, -0.1) is 0 Å². The summed E-state index contributed by atoms with van der Waals surface area (Å²) in [5.74, 6) is 1.84. The molecule has 0 spiro atoms. The summed E-state index contributed by atoms with van der Waals surface area (Å²) in [5.41, 5.74) is 0. The van der Waals surface area contributed by atoms with Crippen LogP contribution in [-0.2, 0) is 4.79 Å². The molecule has 68 valence electrons. The van der Waals surface area contributed by atoms with Gasteiger partial charge in [0, 0.05) is 6.04 Å². The fourth-order valence-electron chi connectivity index (χ4n) is 2.83. The van der Waals surface area contributed by atoms with Crippen LogP contribution in [0.3, 0.4) is 0 Å². The van der Waals surface area contributed by atoms with Crippen molar-refractivity contribution >= 4 is 6.29 Å². The fourth-order valence-corrected chi connectivity index (χ4v) is 2.83. The number of hydrogen-bond donors (Lipinski definition) is 1. The summed E-state index contributed by atoms with van der Waals surface area (Å²) in [7, 11) is 0. The van der Waals surface area contributed by atoms with Gasteiger partial charge in [-0.25, -0.2) is 0 Å². The van der Waals surface area contributed by atoms with Gasteiger partial charge in [0.1, 0.15) is 6.29 Å². The Morgan fingerprint density at radius 1 is 1.42 bits per heavy atom. The van der Waals surface area contributed by atoms with Gasteiger partial charge in [0.2, 0.25) is 0 Å². The van der Waals surface area contributed by atoms with Gasteiger partial charge in [-0.1, -0.05) is 6.42 Å². The first-order valence-corrected chi connectivity index (χ1v) is 5.01. The smallest absolute Gasteiger partial charge is 0.136 e. The Morgan fingerprint density at radius 2 is 2.25 bits per heavy atom. The molecule has 12 heavy (non-hydrogen) atoms. The number of hydrogen-bond acceptors (Lipinski definition) is 2. The second kappa shape index (κ2) is 3.17. The Balaban J connectivity index is 1.86. The van der Waals surface area contributed by atoms with Gasteiger partial charge < -0.3 is 10.1 Å². The lowest BCUT2D eigenvalue weighted by Gasteiger charge is -2.24. The molecular formula is C10H17NO. The van der Waals surface area contributed by atoms with Crippen LogP contribution in [0.15, 0.2) is 0 Å². The van der Waals surface area contributed by atoms with E-state index in [4.69, 9.17) is 0 Å². The molecule has 2 bridgehead atoms. The van der Waals surface area contributed by atoms with Crippen LogP contribution in [-0.4, -0.2) is 18.4 Å². The minimum atomic E-state index is 0.0503. The SMILES string of the molecule is C[C@@H](C=O)NC1CC2CCC1C2. The highest BCUT2D eigenvalue weighted by Gasteiger charge is 2.39. The quantitative estimate of drug-likeness (QED) is 0.643. The molecule has 0 aromatic rings. The summed E-state index contributed by atoms with van der Waals surface area (Å²) in [5, 5.41) is 3.39. The molecule has 0 aromatic carbocycles. The Bertz CT molecular complexity index is 181. The topological polar surface area (TPSA) is 29.1 Å². The standard InChI is InChI=1S/C10H17NO/c1-7(6-12)11-10-5-8-2-3-9(10)4-8/h6-11H,2-5H2,1H3/t7-,8?,9?,10?/m0/s1. The van der Waals surface area contributed by atoms with Crippen molar-refractivity contribution < 1.29 is 4.79 Å². The van der Waals surface area contributed by atoms with Crippen LogP contribution < -0.4 is 5.32 Å². The van der Waals surface area contributed by atoms with Crippen molar-refractivity contribution in [2.24, 2.45) is 11.8 Å². The van der Waals surface area contributed by atoms with Gasteiger partial charge in [0.25, 0.3) is 0 Å². The van der Waals surface area contributed by atoms with E-state index in [2.05, 4.69) is 5.32 Å². The third-order valence-electron chi connectivity index (χ3n) is 3.42. The molecule has 0 aliphatic heterocycles. The first kappa shape index (κ1) is 8.24. The average molecular weight is 167 g/mol. The summed E-state index contributed by atoms with van der Waals surface area (Å²) >= 11 is 0. The highest BCUT2D eigenvalue weighted by atomic mass is 16.1. The molecule has 0 aromatic heterocycles. The molecule has 2 aliphatic carbocycles. The van der Waals surface area contributed by atoms with Crippen molar-refractivity contribution in [1.82, 2.24) is 5.32 Å². The molecule has 2 fully saturated rings. The minimum absolute atomic E-state index is 0.0503. The molecule has 0 heterocycles. The number of fused-ring (bicyclic) bond motifs is 2. The largest absolute Gasteiger partial charge is 0.305 e. The van der Waals surface area contributed by atoms with Gasteiger partial charge >= 0.3 is 0 Å². The number of aldehydes is 1. The van der Waals surface area contributed by atoms with Crippen molar-refractivity contribution in [3.8, 4) is 0 Å². The highest BCUT2D eigenvalue weighted by Crippen LogP contribution is 2.44. The van der Waals surface area contributed by atoms with Gasteiger partial charge in [0.15, 0.2) is 0 Å². The number of rotatable bonds is 3. The van der Waals surface area contributed by atoms with E-state index < -0.39 is 0 Å². The Hall–Kier alpha value is -0.370. The van der Waals surface area contributed by atoms with Crippen LogP contribution in [0.25, 0.3) is 0 Å². The zero-order chi connectivity index (χ0) is 8.55. The van der Waals surface area contributed by atoms with Crippen LogP contribution >= 0.6 is 0 Å². The summed E-state index contributed by atoms with van der Waals surface area (Å²) in [6.45, 7) is 1.94. The molecule has 4 atom stereocenters. The monoisotopic (exact) mass is 167 g/mol. The number of nitrogens with one attached hydrogen (secondary N) is 1. The van der Waals surface area contributed by atoms with Gasteiger partial charge in [-0.05, 0) is 38.0 Å². The maximum atomic E-state index is 10.4. The molecule has 2 saturated carbocycles. The number of carbonyl (C=O) groups is 1. The lowest BCUT2D eigenvalue weighted by atomic mass is 9.95. The molecule has 2 rings (SSSR count). The summed E-state index contributed by atoms with van der Waals surface area (Å²) < 4.78 is 0. The first-order valence-electron chi connectivity index (χ1n) is 5.01. The van der Waals surface area contributed by atoms with Crippen LogP contribution in [0, 0.1) is 11.8 Å². The second-order valence-corrected chi connectivity index (χ2v) is 4.37. The van der Waals surface area contributed by atoms with E-state index in [9.17, 15) is 4.79 Å². The van der Waals surface area contributed by atoms with E-state index in [1.54, 1.807) is 0 Å². The molecule has 0 saturated heterocycles. The zero-order valence-corrected chi connectivity index (χ0v) is 7.62. The van der Waals surface area contributed by atoms with E-state index in [-0.39, 0.29) is 6.04 Å². The van der Waals surface area contributed by atoms with E-state index in [0.717, 1.165) is 18.1 Å². The molecular weight excluding hydrogens is 150 g/mol. The van der Waals surface area contributed by atoms with Gasteiger partial charge in [-0.2, -0.15) is 0 Å². The molecule has 3 unspecified atom stereocenters. The third-order valence-corrected chi connectivity index (χ3v) is 3.42. The minimum Gasteiger partial charge on any atom is -0.305 e. The van der Waals surface area contributed by atoms with Crippen molar-refractivity contribution in [2.45, 2.75) is 44.7 Å². The van der Waals surface area contributed by atoms with E-state index in [1.165, 1.54) is 25.7 Å². The Kier molecular flexibility index (Phi) is 2.18. The van der Waals surface area contributed by atoms with Gasteiger partial charge in [-0.3, -0.25) is 0 Å². The van der Waals surface area contributed by atoms with Crippen molar-refractivity contribution in [1.29, 1.82) is 0 Å². The predicted octanol–water partition coefficient (Wildman–Crippen LogP) is 1.35. The predicted molar refractivity (Wildman–Crippen MR) is 47.9 cm³/mol. The van der Waals surface area contributed by atoms with Crippen molar-refractivity contribution in [3.63, 3.8) is 0 Å². The van der Waals surface area contributed by atoms with Crippen LogP contribution in [0.4, 0.5) is 0 Å². The zero-order valence-electron chi connectivity index (χ0n) is 7.62. The lowest BCUT2D eigenvalue weighted by molar-refractivity contribution is -0.109. The molecule has 2 heteroatoms. The summed E-state index contributed by atoms with van der Waals surface area (Å²) in [6, 6.07) is 0.693. The van der Waals surface area contributed by atoms with E-state index in [0.29, 0.717) is 6.04 Å². The first-order chi connectivity index (χ1) is 5.79. The molecule has 2 aliphatic rings. The van der Waals surface area contributed by atoms with Crippen LogP contribution in [0.5, 0.6) is 0 Å². The van der Waals surface area contributed by atoms with Gasteiger partial charge in [0.05, 0.1) is 6.04 Å². The third kappa shape index (κ3) is 1.40. The average Bonchev–Trinajstić information content (AvgIpc) is 2.64. The molecule has 0 radical (unpaired) electrons.